The van der Waals surface area contributed by atoms with Crippen LogP contribution in [0.3, 0.4) is 0 Å². The maximum Gasteiger partial charge on any atom is 0.327 e. The van der Waals surface area contributed by atoms with Crippen LogP contribution in [0.2, 0.25) is 0 Å². The number of amides is 6. The summed E-state index contributed by atoms with van der Waals surface area (Å²) in [7, 11) is 0. The van der Waals surface area contributed by atoms with Crippen LogP contribution in [0, 0.1) is 0 Å². The highest BCUT2D eigenvalue weighted by molar-refractivity contribution is 6.10. The van der Waals surface area contributed by atoms with E-state index in [-0.39, 0.29) is 5.91 Å². The Morgan fingerprint density at radius 3 is 1.23 bits per heavy atom. The first kappa shape index (κ1) is 26.3. The third-order valence-corrected chi connectivity index (χ3v) is 6.94. The second-order valence-electron chi connectivity index (χ2n) is 9.18. The number of imide groups is 2. The van der Waals surface area contributed by atoms with Crippen molar-refractivity contribution in [3.63, 3.8) is 0 Å². The highest BCUT2D eigenvalue weighted by Crippen LogP contribution is 2.36. The lowest BCUT2D eigenvalue weighted by atomic mass is 9.83. The van der Waals surface area contributed by atoms with Crippen molar-refractivity contribution in [3.8, 4) is 0 Å². The molecule has 0 spiro atoms. The van der Waals surface area contributed by atoms with E-state index in [1.165, 1.54) is 0 Å². The third-order valence-electron chi connectivity index (χ3n) is 6.94. The molecular weight excluding hydrogens is 508 g/mol. The molecule has 4 N–H and O–H groups in total. The molecule has 6 rings (SSSR count). The lowest BCUT2D eigenvalue weighted by molar-refractivity contribution is -0.132. The van der Waals surface area contributed by atoms with Crippen LogP contribution >= 0.6 is 0 Å². The molecule has 200 valence electrons. The first-order valence-electron chi connectivity index (χ1n) is 12.5. The van der Waals surface area contributed by atoms with Gasteiger partial charge in [-0.15, -0.1) is 0 Å². The van der Waals surface area contributed by atoms with Gasteiger partial charge in [0.2, 0.25) is 0 Å². The van der Waals surface area contributed by atoms with Gasteiger partial charge in [0.05, 0.1) is 0 Å². The maximum absolute atomic E-state index is 12.8. The fourth-order valence-corrected chi connectivity index (χ4v) is 5.04. The number of nitrogens with one attached hydrogen (secondary N) is 3. The monoisotopic (exact) mass is 534 g/mol. The zero-order valence-electron chi connectivity index (χ0n) is 21.3. The fourth-order valence-electron chi connectivity index (χ4n) is 5.04. The van der Waals surface area contributed by atoms with Crippen LogP contribution in [0.4, 0.5) is 9.59 Å². The Bertz CT molecular complexity index is 1450. The summed E-state index contributed by atoms with van der Waals surface area (Å²) in [6, 6.07) is 35.4. The van der Waals surface area contributed by atoms with Crippen LogP contribution in [0.15, 0.2) is 121 Å². The number of carbonyl (C=O) groups excluding carboxylic acids is 4. The number of rotatable bonds is 5. The van der Waals surface area contributed by atoms with E-state index in [9.17, 15) is 24.3 Å². The number of nitrogens with zero attached hydrogens (tertiary/aromatic N) is 1. The van der Waals surface area contributed by atoms with Gasteiger partial charge in [0.1, 0.15) is 6.73 Å². The molecule has 2 fully saturated rings. The van der Waals surface area contributed by atoms with Crippen LogP contribution in [0.5, 0.6) is 0 Å². The predicted octanol–water partition coefficient (Wildman–Crippen LogP) is 3.20. The minimum atomic E-state index is -1.29. The molecule has 2 aliphatic heterocycles. The lowest BCUT2D eigenvalue weighted by Gasteiger charge is -2.27. The normalized spacial score (nSPS) is 16.9. The first-order chi connectivity index (χ1) is 19.4. The number of benzene rings is 4. The van der Waals surface area contributed by atoms with E-state index < -0.39 is 35.8 Å². The van der Waals surface area contributed by atoms with Crippen molar-refractivity contribution in [1.29, 1.82) is 0 Å². The molecule has 0 aliphatic carbocycles. The van der Waals surface area contributed by atoms with Gasteiger partial charge in [0.25, 0.3) is 11.8 Å². The zero-order valence-corrected chi connectivity index (χ0v) is 21.3. The summed E-state index contributed by atoms with van der Waals surface area (Å²) in [5.41, 5.74) is 0.368. The van der Waals surface area contributed by atoms with Gasteiger partial charge in [0.15, 0.2) is 11.1 Å². The Kier molecular flexibility index (Phi) is 7.13. The van der Waals surface area contributed by atoms with Gasteiger partial charge in [-0.25, -0.2) is 14.5 Å². The van der Waals surface area contributed by atoms with Crippen LogP contribution < -0.4 is 16.0 Å². The van der Waals surface area contributed by atoms with Crippen molar-refractivity contribution in [2.75, 3.05) is 6.73 Å². The Labute approximate surface area is 230 Å². The molecule has 0 aromatic heterocycles. The summed E-state index contributed by atoms with van der Waals surface area (Å²) in [6.45, 7) is -0.647. The molecule has 0 radical (unpaired) electrons. The number of aliphatic hydroxyl groups is 1. The second kappa shape index (κ2) is 10.8. The molecular formula is C31H26N4O5. The Hall–Kier alpha value is -5.28. The number of carbonyl (C=O) groups is 4. The minimum Gasteiger partial charge on any atom is -0.376 e. The van der Waals surface area contributed by atoms with Crippen molar-refractivity contribution in [2.45, 2.75) is 11.1 Å². The van der Waals surface area contributed by atoms with Crippen molar-refractivity contribution in [2.24, 2.45) is 0 Å². The van der Waals surface area contributed by atoms with Crippen molar-refractivity contribution in [3.05, 3.63) is 144 Å². The quantitative estimate of drug-likeness (QED) is 0.293. The predicted molar refractivity (Wildman–Crippen MR) is 146 cm³/mol. The van der Waals surface area contributed by atoms with Crippen LogP contribution in [0.1, 0.15) is 22.3 Å². The largest absolute Gasteiger partial charge is 0.376 e. The van der Waals surface area contributed by atoms with E-state index in [1.54, 1.807) is 48.5 Å². The van der Waals surface area contributed by atoms with E-state index in [4.69, 9.17) is 0 Å². The highest BCUT2D eigenvalue weighted by Gasteiger charge is 2.53. The molecule has 2 heterocycles. The summed E-state index contributed by atoms with van der Waals surface area (Å²) in [4.78, 5) is 49.5. The fraction of sp³-hybridized carbons (Fsp3) is 0.0968. The number of hydrogen-bond acceptors (Lipinski definition) is 5. The van der Waals surface area contributed by atoms with Crippen molar-refractivity contribution >= 4 is 23.9 Å². The average Bonchev–Trinajstić information content (AvgIpc) is 3.46. The first-order valence-corrected chi connectivity index (χ1v) is 12.5. The molecule has 0 bridgehead atoms. The Morgan fingerprint density at radius 1 is 0.550 bits per heavy atom. The van der Waals surface area contributed by atoms with Crippen LogP contribution in [-0.4, -0.2) is 40.6 Å². The molecule has 4 aromatic rings. The summed E-state index contributed by atoms with van der Waals surface area (Å²) >= 11 is 0. The second-order valence-corrected chi connectivity index (χ2v) is 9.18. The molecule has 40 heavy (non-hydrogen) atoms. The van der Waals surface area contributed by atoms with Crippen molar-refractivity contribution < 1.29 is 24.3 Å². The van der Waals surface area contributed by atoms with Gasteiger partial charge in [-0.3, -0.25) is 14.9 Å². The molecule has 2 aliphatic rings. The summed E-state index contributed by atoms with van der Waals surface area (Å²) < 4.78 is 0. The smallest absolute Gasteiger partial charge is 0.327 e. The Morgan fingerprint density at radius 2 is 0.925 bits per heavy atom. The zero-order chi connectivity index (χ0) is 28.2. The van der Waals surface area contributed by atoms with E-state index >= 15 is 0 Å². The molecule has 6 amide bonds. The maximum atomic E-state index is 12.8. The number of urea groups is 2. The van der Waals surface area contributed by atoms with Crippen molar-refractivity contribution in [1.82, 2.24) is 20.9 Å². The summed E-state index contributed by atoms with van der Waals surface area (Å²) in [6.07, 6.45) is 0. The van der Waals surface area contributed by atoms with Gasteiger partial charge in [-0.05, 0) is 22.3 Å². The van der Waals surface area contributed by atoms with Gasteiger partial charge in [-0.1, -0.05) is 121 Å². The summed E-state index contributed by atoms with van der Waals surface area (Å²) in [5, 5.41) is 17.1. The van der Waals surface area contributed by atoms with E-state index in [0.29, 0.717) is 11.1 Å². The highest BCUT2D eigenvalue weighted by atomic mass is 16.3. The van der Waals surface area contributed by atoms with E-state index in [2.05, 4.69) is 16.0 Å². The third kappa shape index (κ3) is 4.38. The molecule has 4 aromatic carbocycles. The number of aliphatic hydroxyl groups excluding tert-OH is 1. The molecule has 2 saturated heterocycles. The van der Waals surface area contributed by atoms with Gasteiger partial charge in [-0.2, -0.15) is 0 Å². The minimum absolute atomic E-state index is 0.352. The van der Waals surface area contributed by atoms with Gasteiger partial charge < -0.3 is 15.7 Å². The van der Waals surface area contributed by atoms with Gasteiger partial charge >= 0.3 is 12.1 Å². The van der Waals surface area contributed by atoms with Crippen LogP contribution in [-0.2, 0) is 20.7 Å². The van der Waals surface area contributed by atoms with Gasteiger partial charge in [0, 0.05) is 0 Å². The van der Waals surface area contributed by atoms with E-state index in [0.717, 1.165) is 16.0 Å². The van der Waals surface area contributed by atoms with Crippen LogP contribution in [0.25, 0.3) is 0 Å². The number of hydrogen-bond donors (Lipinski definition) is 4. The molecule has 9 nitrogen and oxygen atoms in total. The molecule has 9 heteroatoms. The topological polar surface area (TPSA) is 128 Å². The Balaban J connectivity index is 0.000000162. The molecule has 0 saturated carbocycles. The SMILES string of the molecule is O=C1NC(=O)C(c2ccccc2)(c2ccccc2)N1.O=C1NC(c2ccccc2)(c2ccccc2)C(=O)N1CO. The standard InChI is InChI=1S/C16H14N2O3.C15H12N2O2/c19-11-18-14(20)16(17-15(18)21,12-7-3-1-4-8-12)13-9-5-2-6-10-13;18-13-15(17-14(19)16-13,11-7-3-1-4-8-11)12-9-5-2-6-10-12/h1-10,19H,11H2,(H,17,21);1-10H,(H2,16,17,18,19). The lowest BCUT2D eigenvalue weighted by Crippen LogP contribution is -2.45. The van der Waals surface area contributed by atoms with E-state index in [1.807, 2.05) is 72.8 Å². The summed E-state index contributed by atoms with van der Waals surface area (Å²) in [5.74, 6) is -0.831. The molecule has 0 unspecified atom stereocenters. The average molecular weight is 535 g/mol. The molecule has 0 atom stereocenters.